The molecule has 0 bridgehead atoms. The van der Waals surface area contributed by atoms with Crippen molar-refractivity contribution in [3.05, 3.63) is 64.7 Å². The van der Waals surface area contributed by atoms with Gasteiger partial charge in [-0.15, -0.1) is 0 Å². The molecule has 2 aromatic carbocycles. The first-order valence-electron chi connectivity index (χ1n) is 13.7. The van der Waals surface area contributed by atoms with Gasteiger partial charge in [-0.3, -0.25) is 4.79 Å². The third-order valence-electron chi connectivity index (χ3n) is 9.59. The van der Waals surface area contributed by atoms with Crippen molar-refractivity contribution in [2.75, 3.05) is 13.2 Å². The number of carbonyl (C=O) groups is 1. The first kappa shape index (κ1) is 24.4. The molecule has 5 unspecified atom stereocenters. The Bertz CT molecular complexity index is 1040. The maximum absolute atomic E-state index is 12.4. The van der Waals surface area contributed by atoms with Crippen molar-refractivity contribution in [2.24, 2.45) is 23.2 Å². The Balaban J connectivity index is 1.32. The number of fused-ring (bicyclic) bond motifs is 5. The summed E-state index contributed by atoms with van der Waals surface area (Å²) in [5.74, 6) is 3.72. The van der Waals surface area contributed by atoms with E-state index in [0.29, 0.717) is 37.3 Å². The molecule has 35 heavy (non-hydrogen) atoms. The fraction of sp³-hybridized carbons (Fsp3) is 0.581. The maximum Gasteiger partial charge on any atom is 0.220 e. The Labute approximate surface area is 210 Å². The molecule has 2 aromatic rings. The molecule has 2 saturated carbocycles. The summed E-state index contributed by atoms with van der Waals surface area (Å²) in [6.07, 6.45) is 8.85. The molecule has 1 amide bonds. The van der Waals surface area contributed by atoms with Crippen molar-refractivity contribution in [1.29, 1.82) is 0 Å². The average molecular weight is 476 g/mol. The molecule has 5 rings (SSSR count). The lowest BCUT2D eigenvalue weighted by Gasteiger charge is -2.51. The van der Waals surface area contributed by atoms with Crippen molar-refractivity contribution in [3.8, 4) is 5.75 Å². The van der Waals surface area contributed by atoms with E-state index in [1.807, 2.05) is 6.07 Å². The van der Waals surface area contributed by atoms with Crippen molar-refractivity contribution in [3.63, 3.8) is 0 Å². The number of hydrogen-bond donors (Lipinski definition) is 2. The monoisotopic (exact) mass is 475 g/mol. The third kappa shape index (κ3) is 4.74. The zero-order valence-electron chi connectivity index (χ0n) is 21.4. The summed E-state index contributed by atoms with van der Waals surface area (Å²) in [4.78, 5) is 12.4. The first-order valence-corrected chi connectivity index (χ1v) is 13.7. The highest BCUT2D eigenvalue weighted by Crippen LogP contribution is 2.63. The Morgan fingerprint density at radius 2 is 1.97 bits per heavy atom. The van der Waals surface area contributed by atoms with Gasteiger partial charge < -0.3 is 15.2 Å². The van der Waals surface area contributed by atoms with Crippen LogP contribution in [0, 0.1) is 23.2 Å². The Kier molecular flexibility index (Phi) is 7.20. The van der Waals surface area contributed by atoms with Crippen molar-refractivity contribution in [1.82, 2.24) is 5.32 Å². The van der Waals surface area contributed by atoms with Gasteiger partial charge in [0.1, 0.15) is 12.4 Å². The summed E-state index contributed by atoms with van der Waals surface area (Å²) < 4.78 is 6.33. The molecule has 2 N–H and O–H groups in total. The SMILES string of the molecule is CCc1cc2c(cc1OCc1ccccc1)CCC1C2CCC2(C)C(CC(=O)NCCO)CCC12. The number of carbonyl (C=O) groups excluding carboxylic acids is 1. The Morgan fingerprint density at radius 1 is 1.14 bits per heavy atom. The van der Waals surface area contributed by atoms with Gasteiger partial charge in [0.25, 0.3) is 0 Å². The number of amides is 1. The van der Waals surface area contributed by atoms with Crippen LogP contribution in [0.5, 0.6) is 5.75 Å². The van der Waals surface area contributed by atoms with Crippen LogP contribution < -0.4 is 10.1 Å². The third-order valence-corrected chi connectivity index (χ3v) is 9.59. The lowest BCUT2D eigenvalue weighted by atomic mass is 9.54. The van der Waals surface area contributed by atoms with Crippen LogP contribution in [0.25, 0.3) is 0 Å². The highest BCUT2D eigenvalue weighted by Gasteiger charge is 2.54. The standard InChI is InChI=1S/C31H41NO3/c1-3-22-17-27-23(18-29(22)35-20-21-7-5-4-6-8-21)9-11-26-25(27)13-14-31(2)24(10-12-28(26)31)19-30(34)32-15-16-33/h4-8,17-18,24-26,28,33H,3,9-16,19-20H2,1-2H3,(H,32,34). The van der Waals surface area contributed by atoms with Crippen LogP contribution in [-0.4, -0.2) is 24.2 Å². The Morgan fingerprint density at radius 3 is 2.74 bits per heavy atom. The number of rotatable bonds is 8. The summed E-state index contributed by atoms with van der Waals surface area (Å²) in [6.45, 7) is 5.70. The predicted octanol–water partition coefficient (Wildman–Crippen LogP) is 5.80. The summed E-state index contributed by atoms with van der Waals surface area (Å²) in [7, 11) is 0. The summed E-state index contributed by atoms with van der Waals surface area (Å²) in [5, 5.41) is 11.9. The number of benzene rings is 2. The molecule has 3 aliphatic carbocycles. The van der Waals surface area contributed by atoms with Gasteiger partial charge in [-0.25, -0.2) is 0 Å². The van der Waals surface area contributed by atoms with Gasteiger partial charge in [0, 0.05) is 13.0 Å². The molecule has 0 saturated heterocycles. The van der Waals surface area contributed by atoms with Gasteiger partial charge in [0.05, 0.1) is 6.61 Å². The van der Waals surface area contributed by atoms with Crippen molar-refractivity contribution >= 4 is 5.91 Å². The zero-order valence-corrected chi connectivity index (χ0v) is 21.4. The summed E-state index contributed by atoms with van der Waals surface area (Å²) in [6, 6.07) is 15.3. The summed E-state index contributed by atoms with van der Waals surface area (Å²) in [5.41, 5.74) is 5.88. The molecule has 0 aliphatic heterocycles. The smallest absolute Gasteiger partial charge is 0.220 e. The van der Waals surface area contributed by atoms with Gasteiger partial charge in [-0.05, 0) is 102 Å². The highest BCUT2D eigenvalue weighted by molar-refractivity contribution is 5.76. The molecule has 4 heteroatoms. The molecular formula is C31H41NO3. The largest absolute Gasteiger partial charge is 0.489 e. The number of aliphatic hydroxyl groups is 1. The van der Waals surface area contributed by atoms with E-state index in [1.54, 1.807) is 5.56 Å². The van der Waals surface area contributed by atoms with E-state index in [4.69, 9.17) is 9.84 Å². The molecule has 5 atom stereocenters. The van der Waals surface area contributed by atoms with Gasteiger partial charge in [0.15, 0.2) is 0 Å². The lowest BCUT2D eigenvalue weighted by Crippen LogP contribution is -2.43. The number of aliphatic hydroxyl groups excluding tert-OH is 1. The van der Waals surface area contributed by atoms with E-state index >= 15 is 0 Å². The molecule has 0 heterocycles. The van der Waals surface area contributed by atoms with Gasteiger partial charge in [0.2, 0.25) is 5.91 Å². The second-order valence-electron chi connectivity index (χ2n) is 11.3. The average Bonchev–Trinajstić information content (AvgIpc) is 3.21. The van der Waals surface area contributed by atoms with Gasteiger partial charge in [-0.1, -0.05) is 50.2 Å². The number of aryl methyl sites for hydroxylation is 2. The van der Waals surface area contributed by atoms with Crippen LogP contribution in [0.15, 0.2) is 42.5 Å². The minimum atomic E-state index is 0.0121. The lowest BCUT2D eigenvalue weighted by molar-refractivity contribution is -0.123. The fourth-order valence-electron chi connectivity index (χ4n) is 7.73. The van der Waals surface area contributed by atoms with E-state index in [1.165, 1.54) is 42.4 Å². The van der Waals surface area contributed by atoms with Crippen LogP contribution in [0.4, 0.5) is 0 Å². The van der Waals surface area contributed by atoms with Crippen LogP contribution in [0.1, 0.15) is 80.5 Å². The van der Waals surface area contributed by atoms with E-state index < -0.39 is 0 Å². The molecule has 0 spiro atoms. The van der Waals surface area contributed by atoms with Gasteiger partial charge in [-0.2, -0.15) is 0 Å². The van der Waals surface area contributed by atoms with E-state index in [2.05, 4.69) is 55.6 Å². The molecule has 0 aromatic heterocycles. The topological polar surface area (TPSA) is 58.6 Å². The molecular weight excluding hydrogens is 434 g/mol. The molecule has 2 fully saturated rings. The van der Waals surface area contributed by atoms with E-state index in [0.717, 1.165) is 30.9 Å². The van der Waals surface area contributed by atoms with Crippen LogP contribution >= 0.6 is 0 Å². The Hall–Kier alpha value is -2.33. The van der Waals surface area contributed by atoms with Crippen LogP contribution in [0.2, 0.25) is 0 Å². The van der Waals surface area contributed by atoms with E-state index in [-0.39, 0.29) is 17.9 Å². The molecule has 0 radical (unpaired) electrons. The predicted molar refractivity (Wildman–Crippen MR) is 139 cm³/mol. The van der Waals surface area contributed by atoms with E-state index in [9.17, 15) is 4.79 Å². The van der Waals surface area contributed by atoms with Crippen molar-refractivity contribution in [2.45, 2.75) is 77.7 Å². The number of nitrogens with one attached hydrogen (secondary N) is 1. The normalized spacial score (nSPS) is 29.1. The highest BCUT2D eigenvalue weighted by atomic mass is 16.5. The minimum Gasteiger partial charge on any atom is -0.489 e. The maximum atomic E-state index is 12.4. The molecule has 4 nitrogen and oxygen atoms in total. The zero-order chi connectivity index (χ0) is 24.4. The molecule has 3 aliphatic rings. The van der Waals surface area contributed by atoms with Crippen molar-refractivity contribution < 1.29 is 14.6 Å². The number of hydrogen-bond acceptors (Lipinski definition) is 3. The first-order chi connectivity index (χ1) is 17.0. The second-order valence-corrected chi connectivity index (χ2v) is 11.3. The van der Waals surface area contributed by atoms with Crippen LogP contribution in [0.3, 0.4) is 0 Å². The van der Waals surface area contributed by atoms with Crippen LogP contribution in [-0.2, 0) is 24.2 Å². The minimum absolute atomic E-state index is 0.0121. The number of ether oxygens (including phenoxy) is 1. The quantitative estimate of drug-likeness (QED) is 0.507. The second kappa shape index (κ2) is 10.3. The summed E-state index contributed by atoms with van der Waals surface area (Å²) >= 11 is 0. The molecule has 188 valence electrons. The fourth-order valence-corrected chi connectivity index (χ4v) is 7.73. The van der Waals surface area contributed by atoms with Gasteiger partial charge >= 0.3 is 0 Å².